The molecule has 116 valence electrons. The number of nitrogens with one attached hydrogen (secondary N) is 1. The summed E-state index contributed by atoms with van der Waals surface area (Å²) >= 11 is 9.18. The topological polar surface area (TPSA) is 72.2 Å². The highest BCUT2D eigenvalue weighted by Crippen LogP contribution is 2.25. The lowest BCUT2D eigenvalue weighted by Gasteiger charge is -2.17. The molecular weight excluding hydrogens is 387 g/mol. The van der Waals surface area contributed by atoms with Crippen LogP contribution in [0.15, 0.2) is 27.6 Å². The number of unbranched alkanes of at least 4 members (excludes halogenated alkanes) is 1. The normalized spacial score (nSPS) is 12.8. The number of rotatable bonds is 7. The minimum atomic E-state index is -3.65. The van der Waals surface area contributed by atoms with Gasteiger partial charge in [-0.15, -0.1) is 12.4 Å². The molecule has 0 aliphatic rings. The van der Waals surface area contributed by atoms with E-state index < -0.39 is 10.0 Å². The molecule has 0 aromatic heterocycles. The fourth-order valence-electron chi connectivity index (χ4n) is 1.64. The molecule has 0 bridgehead atoms. The van der Waals surface area contributed by atoms with Crippen LogP contribution >= 0.6 is 39.9 Å². The van der Waals surface area contributed by atoms with Gasteiger partial charge < -0.3 is 5.73 Å². The molecule has 1 rings (SSSR count). The Bertz CT molecular complexity index is 526. The highest BCUT2D eigenvalue weighted by atomic mass is 79.9. The summed E-state index contributed by atoms with van der Waals surface area (Å²) in [5.41, 5.74) is 5.60. The van der Waals surface area contributed by atoms with Crippen LogP contribution in [0.4, 0.5) is 0 Å². The van der Waals surface area contributed by atoms with Crippen molar-refractivity contribution < 1.29 is 8.42 Å². The van der Waals surface area contributed by atoms with Gasteiger partial charge in [-0.05, 0) is 24.6 Å². The van der Waals surface area contributed by atoms with Gasteiger partial charge in [-0.3, -0.25) is 0 Å². The van der Waals surface area contributed by atoms with E-state index >= 15 is 0 Å². The maximum Gasteiger partial charge on any atom is 0.242 e. The summed E-state index contributed by atoms with van der Waals surface area (Å²) in [4.78, 5) is 0.0680. The molecule has 8 heteroatoms. The minimum Gasteiger partial charge on any atom is -0.329 e. The lowest BCUT2D eigenvalue weighted by Crippen LogP contribution is -2.40. The first-order valence-electron chi connectivity index (χ1n) is 6.08. The molecule has 3 N–H and O–H groups in total. The largest absolute Gasteiger partial charge is 0.329 e. The Labute approximate surface area is 140 Å². The molecule has 0 aliphatic heterocycles. The van der Waals surface area contributed by atoms with Crippen LogP contribution in [0.5, 0.6) is 0 Å². The molecule has 4 nitrogen and oxygen atoms in total. The van der Waals surface area contributed by atoms with Crippen LogP contribution < -0.4 is 10.5 Å². The predicted molar refractivity (Wildman–Crippen MR) is 89.1 cm³/mol. The predicted octanol–water partition coefficient (Wildman–Crippen LogP) is 3.32. The van der Waals surface area contributed by atoms with Crippen molar-refractivity contribution in [3.05, 3.63) is 27.7 Å². The lowest BCUT2D eigenvalue weighted by atomic mass is 10.1. The molecule has 0 aliphatic carbocycles. The number of halogens is 3. The van der Waals surface area contributed by atoms with E-state index in [0.717, 1.165) is 19.3 Å². The van der Waals surface area contributed by atoms with Gasteiger partial charge in [-0.1, -0.05) is 47.3 Å². The van der Waals surface area contributed by atoms with Crippen molar-refractivity contribution in [1.82, 2.24) is 4.72 Å². The van der Waals surface area contributed by atoms with E-state index in [1.807, 2.05) is 6.92 Å². The van der Waals surface area contributed by atoms with Gasteiger partial charge in [0.15, 0.2) is 0 Å². The van der Waals surface area contributed by atoms with Crippen molar-refractivity contribution in [3.8, 4) is 0 Å². The van der Waals surface area contributed by atoms with Gasteiger partial charge >= 0.3 is 0 Å². The summed E-state index contributed by atoms with van der Waals surface area (Å²) in [6.07, 6.45) is 2.64. The minimum absolute atomic E-state index is 0. The summed E-state index contributed by atoms with van der Waals surface area (Å²) < 4.78 is 27.8. The Morgan fingerprint density at radius 1 is 1.45 bits per heavy atom. The summed E-state index contributed by atoms with van der Waals surface area (Å²) in [7, 11) is -3.65. The van der Waals surface area contributed by atoms with Crippen molar-refractivity contribution in [2.24, 2.45) is 5.73 Å². The van der Waals surface area contributed by atoms with E-state index in [1.54, 1.807) is 12.1 Å². The summed E-state index contributed by atoms with van der Waals surface area (Å²) in [5, 5.41) is 0.196. The van der Waals surface area contributed by atoms with Crippen molar-refractivity contribution in [1.29, 1.82) is 0 Å². The van der Waals surface area contributed by atoms with Gasteiger partial charge in [-0.2, -0.15) is 0 Å². The number of benzene rings is 1. The number of hydrogen-bond acceptors (Lipinski definition) is 3. The third kappa shape index (κ3) is 5.87. The molecule has 0 saturated carbocycles. The molecule has 0 spiro atoms. The molecule has 0 amide bonds. The van der Waals surface area contributed by atoms with Gasteiger partial charge in [0.25, 0.3) is 0 Å². The van der Waals surface area contributed by atoms with Crippen molar-refractivity contribution in [3.63, 3.8) is 0 Å². The Morgan fingerprint density at radius 3 is 2.65 bits per heavy atom. The second-order valence-corrected chi connectivity index (χ2v) is 7.28. The Kier molecular flexibility index (Phi) is 9.29. The Hall–Kier alpha value is 0.150. The maximum absolute atomic E-state index is 12.3. The van der Waals surface area contributed by atoms with Crippen LogP contribution in [-0.4, -0.2) is 21.0 Å². The zero-order valence-electron chi connectivity index (χ0n) is 11.1. The van der Waals surface area contributed by atoms with Crippen molar-refractivity contribution >= 4 is 50.0 Å². The molecule has 0 fully saturated rings. The highest BCUT2D eigenvalue weighted by Gasteiger charge is 2.21. The zero-order chi connectivity index (χ0) is 14.5. The van der Waals surface area contributed by atoms with Crippen molar-refractivity contribution in [2.75, 3.05) is 6.54 Å². The van der Waals surface area contributed by atoms with Crippen LogP contribution in [0.1, 0.15) is 26.2 Å². The van der Waals surface area contributed by atoms with E-state index in [2.05, 4.69) is 20.7 Å². The van der Waals surface area contributed by atoms with Crippen molar-refractivity contribution in [2.45, 2.75) is 37.1 Å². The summed E-state index contributed by atoms with van der Waals surface area (Å²) in [5.74, 6) is 0. The number of sulfonamides is 1. The van der Waals surface area contributed by atoms with E-state index in [-0.39, 0.29) is 34.9 Å². The number of hydrogen-bond donors (Lipinski definition) is 2. The van der Waals surface area contributed by atoms with Crippen LogP contribution in [-0.2, 0) is 10.0 Å². The molecule has 1 aromatic carbocycles. The second-order valence-electron chi connectivity index (χ2n) is 4.27. The molecule has 20 heavy (non-hydrogen) atoms. The zero-order valence-corrected chi connectivity index (χ0v) is 15.1. The summed E-state index contributed by atoms with van der Waals surface area (Å²) in [6.45, 7) is 2.32. The van der Waals surface area contributed by atoms with E-state index in [4.69, 9.17) is 17.3 Å². The standard InChI is InChI=1S/C12H18BrClN2O2S.ClH/c1-2-3-4-10(8-15)16-19(17,18)12-7-9(13)5-6-11(12)14;/h5-7,10,16H,2-4,8,15H2,1H3;1H. The first-order chi connectivity index (χ1) is 8.90. The van der Waals surface area contributed by atoms with Gasteiger partial charge in [0.1, 0.15) is 4.90 Å². The van der Waals surface area contributed by atoms with Crippen LogP contribution in [0.25, 0.3) is 0 Å². The second kappa shape index (κ2) is 9.23. The first kappa shape index (κ1) is 20.1. The van der Waals surface area contributed by atoms with Gasteiger partial charge in [0.2, 0.25) is 10.0 Å². The third-order valence-corrected chi connectivity index (χ3v) is 5.19. The Morgan fingerprint density at radius 2 is 2.10 bits per heavy atom. The molecule has 0 saturated heterocycles. The fourth-order valence-corrected chi connectivity index (χ4v) is 3.96. The SMILES string of the molecule is CCCCC(CN)NS(=O)(=O)c1cc(Br)ccc1Cl.Cl. The van der Waals surface area contributed by atoms with E-state index in [0.29, 0.717) is 4.47 Å². The third-order valence-electron chi connectivity index (χ3n) is 2.70. The fraction of sp³-hybridized carbons (Fsp3) is 0.500. The molecule has 0 heterocycles. The van der Waals surface area contributed by atoms with Crippen LogP contribution in [0.2, 0.25) is 5.02 Å². The van der Waals surface area contributed by atoms with E-state index in [1.165, 1.54) is 6.07 Å². The quantitative estimate of drug-likeness (QED) is 0.730. The average molecular weight is 406 g/mol. The van der Waals surface area contributed by atoms with Crippen LogP contribution in [0, 0.1) is 0 Å². The highest BCUT2D eigenvalue weighted by molar-refractivity contribution is 9.10. The van der Waals surface area contributed by atoms with Gasteiger partial charge in [0, 0.05) is 17.1 Å². The molecule has 0 radical (unpaired) electrons. The monoisotopic (exact) mass is 404 g/mol. The van der Waals surface area contributed by atoms with Crippen LogP contribution in [0.3, 0.4) is 0 Å². The Balaban J connectivity index is 0.00000361. The smallest absolute Gasteiger partial charge is 0.242 e. The first-order valence-corrected chi connectivity index (χ1v) is 8.73. The molecule has 1 aromatic rings. The lowest BCUT2D eigenvalue weighted by molar-refractivity contribution is 0.516. The van der Waals surface area contributed by atoms with Gasteiger partial charge in [-0.25, -0.2) is 13.1 Å². The maximum atomic E-state index is 12.3. The molecule has 1 atom stereocenters. The molecular formula is C12H19BrCl2N2O2S. The molecule has 1 unspecified atom stereocenters. The summed E-state index contributed by atoms with van der Waals surface area (Å²) in [6, 6.07) is 4.46. The van der Waals surface area contributed by atoms with Gasteiger partial charge in [0.05, 0.1) is 5.02 Å². The average Bonchev–Trinajstić information content (AvgIpc) is 2.37. The van der Waals surface area contributed by atoms with E-state index in [9.17, 15) is 8.42 Å². The number of nitrogens with two attached hydrogens (primary N) is 1.